The number of carbonyl (C=O) groups is 2. The minimum absolute atomic E-state index is 0.0114. The molecule has 1 aliphatic carbocycles. The highest BCUT2D eigenvalue weighted by atomic mass is 16.5. The summed E-state index contributed by atoms with van der Waals surface area (Å²) in [4.78, 5) is 31.1. The molecule has 0 bridgehead atoms. The Morgan fingerprint density at radius 3 is 2.73 bits per heavy atom. The molecule has 138 valence electrons. The van der Waals surface area contributed by atoms with Crippen LogP contribution >= 0.6 is 0 Å². The first kappa shape index (κ1) is 17.0. The van der Waals surface area contributed by atoms with Crippen LogP contribution in [0.3, 0.4) is 0 Å². The molecular formula is C18H23N5O3. The van der Waals surface area contributed by atoms with Crippen LogP contribution in [0.1, 0.15) is 47.8 Å². The summed E-state index contributed by atoms with van der Waals surface area (Å²) < 4.78 is 5.29. The number of nitrogens with zero attached hydrogens (tertiary/aromatic N) is 5. The van der Waals surface area contributed by atoms with Crippen molar-refractivity contribution in [3.05, 3.63) is 17.5 Å². The number of piperazine rings is 1. The first-order chi connectivity index (χ1) is 12.5. The molecule has 4 rings (SSSR count). The van der Waals surface area contributed by atoms with Crippen molar-refractivity contribution >= 4 is 11.8 Å². The van der Waals surface area contributed by atoms with Crippen molar-refractivity contribution in [1.82, 2.24) is 19.9 Å². The Labute approximate surface area is 152 Å². The van der Waals surface area contributed by atoms with Crippen molar-refractivity contribution in [2.24, 2.45) is 0 Å². The maximum absolute atomic E-state index is 12.9. The third-order valence-electron chi connectivity index (χ3n) is 5.99. The summed E-state index contributed by atoms with van der Waals surface area (Å²) in [5, 5.41) is 12.9. The van der Waals surface area contributed by atoms with Crippen LogP contribution in [0.15, 0.2) is 10.6 Å². The molecule has 0 aromatic carbocycles. The Balaban J connectivity index is 1.44. The van der Waals surface area contributed by atoms with Crippen LogP contribution in [0.2, 0.25) is 0 Å². The number of carbonyl (C=O) groups excluding carboxylic acids is 2. The SMILES string of the molecule is CN1CCN(CC#N)C(=O)C12CCN(C(=O)c1cc(C3CC3)on1)CC2. The van der Waals surface area contributed by atoms with E-state index < -0.39 is 5.54 Å². The van der Waals surface area contributed by atoms with Gasteiger partial charge in [0.2, 0.25) is 5.91 Å². The lowest BCUT2D eigenvalue weighted by Gasteiger charge is -2.51. The fourth-order valence-electron chi connectivity index (χ4n) is 4.07. The molecule has 1 aromatic heterocycles. The lowest BCUT2D eigenvalue weighted by Crippen LogP contribution is -2.68. The zero-order chi connectivity index (χ0) is 18.3. The lowest BCUT2D eigenvalue weighted by atomic mass is 9.82. The highest BCUT2D eigenvalue weighted by Gasteiger charge is 2.49. The monoisotopic (exact) mass is 357 g/mol. The second-order valence-corrected chi connectivity index (χ2v) is 7.52. The van der Waals surface area contributed by atoms with Crippen molar-refractivity contribution in [3.8, 4) is 6.07 Å². The van der Waals surface area contributed by atoms with Gasteiger partial charge in [0, 0.05) is 38.2 Å². The highest BCUT2D eigenvalue weighted by molar-refractivity contribution is 5.93. The van der Waals surface area contributed by atoms with E-state index in [0.29, 0.717) is 44.1 Å². The minimum Gasteiger partial charge on any atom is -0.360 e. The van der Waals surface area contributed by atoms with Gasteiger partial charge in [-0.25, -0.2) is 0 Å². The van der Waals surface area contributed by atoms with Crippen molar-refractivity contribution in [1.29, 1.82) is 5.26 Å². The van der Waals surface area contributed by atoms with Crippen LogP contribution in [-0.4, -0.2) is 77.0 Å². The summed E-state index contributed by atoms with van der Waals surface area (Å²) in [5.41, 5.74) is -0.244. The minimum atomic E-state index is -0.602. The second-order valence-electron chi connectivity index (χ2n) is 7.52. The first-order valence-electron chi connectivity index (χ1n) is 9.18. The molecular weight excluding hydrogens is 334 g/mol. The first-order valence-corrected chi connectivity index (χ1v) is 9.18. The number of rotatable bonds is 3. The summed E-state index contributed by atoms with van der Waals surface area (Å²) in [7, 11) is 1.96. The number of nitriles is 1. The van der Waals surface area contributed by atoms with Gasteiger partial charge in [0.25, 0.3) is 5.91 Å². The van der Waals surface area contributed by atoms with Crippen molar-refractivity contribution < 1.29 is 14.1 Å². The maximum atomic E-state index is 12.9. The molecule has 8 heteroatoms. The number of hydrogen-bond donors (Lipinski definition) is 0. The normalized spacial score (nSPS) is 23.3. The van der Waals surface area contributed by atoms with Gasteiger partial charge in [0.15, 0.2) is 5.69 Å². The average molecular weight is 357 g/mol. The van der Waals surface area contributed by atoms with Crippen LogP contribution in [-0.2, 0) is 4.79 Å². The molecule has 0 atom stereocenters. The van der Waals surface area contributed by atoms with Gasteiger partial charge < -0.3 is 14.3 Å². The molecule has 3 fully saturated rings. The van der Waals surface area contributed by atoms with Gasteiger partial charge in [0.05, 0.1) is 6.07 Å². The van der Waals surface area contributed by atoms with Gasteiger partial charge in [-0.2, -0.15) is 5.26 Å². The molecule has 26 heavy (non-hydrogen) atoms. The molecule has 2 aliphatic heterocycles. The van der Waals surface area contributed by atoms with Gasteiger partial charge in [0.1, 0.15) is 17.8 Å². The van der Waals surface area contributed by atoms with Crippen LogP contribution in [0.5, 0.6) is 0 Å². The van der Waals surface area contributed by atoms with Gasteiger partial charge in [-0.05, 0) is 32.7 Å². The molecule has 1 saturated carbocycles. The Morgan fingerprint density at radius 1 is 1.35 bits per heavy atom. The lowest BCUT2D eigenvalue weighted by molar-refractivity contribution is -0.152. The summed E-state index contributed by atoms with van der Waals surface area (Å²) in [5.74, 6) is 1.11. The van der Waals surface area contributed by atoms with E-state index in [1.165, 1.54) is 0 Å². The van der Waals surface area contributed by atoms with Gasteiger partial charge in [-0.3, -0.25) is 14.5 Å². The summed E-state index contributed by atoms with van der Waals surface area (Å²) in [6.07, 6.45) is 3.35. The third-order valence-corrected chi connectivity index (χ3v) is 5.99. The predicted molar refractivity (Wildman–Crippen MR) is 91.2 cm³/mol. The molecule has 8 nitrogen and oxygen atoms in total. The quantitative estimate of drug-likeness (QED) is 0.744. The van der Waals surface area contributed by atoms with Gasteiger partial charge >= 0.3 is 0 Å². The Bertz CT molecular complexity index is 755. The largest absolute Gasteiger partial charge is 0.360 e. The van der Waals surface area contributed by atoms with E-state index in [-0.39, 0.29) is 18.4 Å². The number of aromatic nitrogens is 1. The molecule has 2 amide bonds. The van der Waals surface area contributed by atoms with E-state index in [1.807, 2.05) is 7.05 Å². The van der Waals surface area contributed by atoms with Crippen molar-refractivity contribution in [3.63, 3.8) is 0 Å². The van der Waals surface area contributed by atoms with E-state index >= 15 is 0 Å². The molecule has 0 N–H and O–H groups in total. The van der Waals surface area contributed by atoms with Crippen molar-refractivity contribution in [2.45, 2.75) is 37.1 Å². The molecule has 1 aromatic rings. The molecule has 1 spiro atoms. The molecule has 3 heterocycles. The Kier molecular flexibility index (Phi) is 4.19. The maximum Gasteiger partial charge on any atom is 0.276 e. The van der Waals surface area contributed by atoms with Crippen LogP contribution in [0, 0.1) is 11.3 Å². The number of hydrogen-bond acceptors (Lipinski definition) is 6. The number of piperidine rings is 1. The Morgan fingerprint density at radius 2 is 2.08 bits per heavy atom. The van der Waals surface area contributed by atoms with E-state index in [4.69, 9.17) is 9.78 Å². The topological polar surface area (TPSA) is 93.7 Å². The summed E-state index contributed by atoms with van der Waals surface area (Å²) in [6, 6.07) is 3.83. The molecule has 0 unspecified atom stereocenters. The third kappa shape index (κ3) is 2.76. The average Bonchev–Trinajstić information content (AvgIpc) is 3.39. The van der Waals surface area contributed by atoms with Gasteiger partial charge in [-0.15, -0.1) is 0 Å². The number of likely N-dealkylation sites (tertiary alicyclic amines) is 1. The zero-order valence-corrected chi connectivity index (χ0v) is 15.0. The van der Waals surface area contributed by atoms with E-state index in [2.05, 4.69) is 16.1 Å². The molecule has 2 saturated heterocycles. The zero-order valence-electron chi connectivity index (χ0n) is 15.0. The highest BCUT2D eigenvalue weighted by Crippen LogP contribution is 2.40. The van der Waals surface area contributed by atoms with Crippen LogP contribution in [0.4, 0.5) is 0 Å². The standard InChI is InChI=1S/C18H23N5O3/c1-21-10-11-23(9-6-19)17(25)18(21)4-7-22(8-5-18)16(24)14-12-15(26-20-14)13-2-3-13/h12-13H,2-5,7-11H2,1H3. The number of likely N-dealkylation sites (N-methyl/N-ethyl adjacent to an activating group) is 1. The van der Waals surface area contributed by atoms with Crippen LogP contribution < -0.4 is 0 Å². The predicted octanol–water partition coefficient (Wildman–Crippen LogP) is 0.824. The molecule has 3 aliphatic rings. The Hall–Kier alpha value is -2.40. The summed E-state index contributed by atoms with van der Waals surface area (Å²) >= 11 is 0. The smallest absolute Gasteiger partial charge is 0.276 e. The van der Waals surface area contributed by atoms with Crippen molar-refractivity contribution in [2.75, 3.05) is 39.8 Å². The molecule has 0 radical (unpaired) electrons. The fourth-order valence-corrected chi connectivity index (χ4v) is 4.07. The van der Waals surface area contributed by atoms with Crippen LogP contribution in [0.25, 0.3) is 0 Å². The van der Waals surface area contributed by atoms with E-state index in [1.54, 1.807) is 15.9 Å². The summed E-state index contributed by atoms with van der Waals surface area (Å²) in [6.45, 7) is 2.45. The van der Waals surface area contributed by atoms with E-state index in [0.717, 1.165) is 25.1 Å². The van der Waals surface area contributed by atoms with E-state index in [9.17, 15) is 9.59 Å². The fraction of sp³-hybridized carbons (Fsp3) is 0.667. The number of amides is 2. The second kappa shape index (κ2) is 6.40. The van der Waals surface area contributed by atoms with Gasteiger partial charge in [-0.1, -0.05) is 5.16 Å².